The molecule has 1 aromatic rings. The Morgan fingerprint density at radius 2 is 2.20 bits per heavy atom. The van der Waals surface area contributed by atoms with Gasteiger partial charge in [0.2, 0.25) is 0 Å². The van der Waals surface area contributed by atoms with Gasteiger partial charge in [-0.05, 0) is 56.0 Å². The number of rotatable bonds is 2. The average Bonchev–Trinajstić information content (AvgIpc) is 2.17. The van der Waals surface area contributed by atoms with E-state index in [2.05, 4.69) is 11.4 Å². The summed E-state index contributed by atoms with van der Waals surface area (Å²) in [5.41, 5.74) is 2.38. The molecule has 0 spiro atoms. The number of hydrogen-bond donors (Lipinski definition) is 2. The Morgan fingerprint density at radius 1 is 1.33 bits per heavy atom. The minimum absolute atomic E-state index is 0.390. The smallest absolute Gasteiger partial charge is 0.116 e. The van der Waals surface area contributed by atoms with E-state index < -0.39 is 0 Å². The van der Waals surface area contributed by atoms with Gasteiger partial charge in [-0.25, -0.2) is 0 Å². The van der Waals surface area contributed by atoms with Gasteiger partial charge in [0.15, 0.2) is 0 Å². The summed E-state index contributed by atoms with van der Waals surface area (Å²) in [7, 11) is 0. The monoisotopic (exact) mass is 205 g/mol. The summed E-state index contributed by atoms with van der Waals surface area (Å²) in [5.74, 6) is 0.390. The molecule has 0 saturated carbocycles. The predicted octanol–water partition coefficient (Wildman–Crippen LogP) is 2.39. The molecular weight excluding hydrogens is 186 g/mol. The molecule has 0 radical (unpaired) electrons. The van der Waals surface area contributed by atoms with Crippen LogP contribution in [-0.4, -0.2) is 17.7 Å². The van der Waals surface area contributed by atoms with Gasteiger partial charge in [0, 0.05) is 6.04 Å². The van der Waals surface area contributed by atoms with Crippen LogP contribution in [0.3, 0.4) is 0 Å². The van der Waals surface area contributed by atoms with Gasteiger partial charge in [-0.15, -0.1) is 0 Å². The Balaban J connectivity index is 2.02. The van der Waals surface area contributed by atoms with E-state index in [9.17, 15) is 5.11 Å². The predicted molar refractivity (Wildman–Crippen MR) is 62.2 cm³/mol. The minimum Gasteiger partial charge on any atom is -0.508 e. The van der Waals surface area contributed by atoms with Crippen molar-refractivity contribution in [2.75, 3.05) is 6.54 Å². The Kier molecular flexibility index (Phi) is 3.27. The van der Waals surface area contributed by atoms with Crippen molar-refractivity contribution in [3.05, 3.63) is 29.3 Å². The lowest BCUT2D eigenvalue weighted by Gasteiger charge is -2.23. The Morgan fingerprint density at radius 3 is 2.87 bits per heavy atom. The number of piperidine rings is 1. The fourth-order valence-corrected chi connectivity index (χ4v) is 2.34. The van der Waals surface area contributed by atoms with E-state index in [0.29, 0.717) is 11.8 Å². The molecule has 0 aromatic heterocycles. The SMILES string of the molecule is Cc1cc(O)cc(CC2CCCCN2)c1. The Hall–Kier alpha value is -1.02. The van der Waals surface area contributed by atoms with Gasteiger partial charge in [0.1, 0.15) is 5.75 Å². The summed E-state index contributed by atoms with van der Waals surface area (Å²) in [6.45, 7) is 3.17. The highest BCUT2D eigenvalue weighted by atomic mass is 16.3. The van der Waals surface area contributed by atoms with Crippen LogP contribution in [0, 0.1) is 6.92 Å². The largest absolute Gasteiger partial charge is 0.508 e. The highest BCUT2D eigenvalue weighted by molar-refractivity contribution is 5.33. The minimum atomic E-state index is 0.390. The highest BCUT2D eigenvalue weighted by Crippen LogP contribution is 2.18. The summed E-state index contributed by atoms with van der Waals surface area (Å²) in [6.07, 6.45) is 4.93. The fourth-order valence-electron chi connectivity index (χ4n) is 2.34. The van der Waals surface area contributed by atoms with Crippen LogP contribution in [-0.2, 0) is 6.42 Å². The molecule has 0 aliphatic carbocycles. The van der Waals surface area contributed by atoms with Gasteiger partial charge in [-0.1, -0.05) is 12.5 Å². The first-order chi connectivity index (χ1) is 7.24. The van der Waals surface area contributed by atoms with Crippen LogP contribution < -0.4 is 5.32 Å². The van der Waals surface area contributed by atoms with Gasteiger partial charge in [-0.2, -0.15) is 0 Å². The lowest BCUT2D eigenvalue weighted by molar-refractivity contribution is 0.398. The molecule has 1 aromatic carbocycles. The number of aromatic hydroxyl groups is 1. The third-order valence-electron chi connectivity index (χ3n) is 3.02. The molecule has 2 rings (SSSR count). The van der Waals surface area contributed by atoms with E-state index in [0.717, 1.165) is 18.5 Å². The molecule has 2 heteroatoms. The van der Waals surface area contributed by atoms with Crippen LogP contribution in [0.1, 0.15) is 30.4 Å². The van der Waals surface area contributed by atoms with Crippen LogP contribution >= 0.6 is 0 Å². The van der Waals surface area contributed by atoms with Crippen molar-refractivity contribution in [2.24, 2.45) is 0 Å². The second-order valence-electron chi connectivity index (χ2n) is 4.53. The topological polar surface area (TPSA) is 32.3 Å². The van der Waals surface area contributed by atoms with Crippen molar-refractivity contribution < 1.29 is 5.11 Å². The maximum atomic E-state index is 9.50. The van der Waals surface area contributed by atoms with Gasteiger partial charge < -0.3 is 10.4 Å². The number of benzene rings is 1. The molecule has 1 aliphatic heterocycles. The molecule has 1 aliphatic rings. The van der Waals surface area contributed by atoms with Crippen LogP contribution in [0.4, 0.5) is 0 Å². The summed E-state index contributed by atoms with van der Waals surface area (Å²) >= 11 is 0. The first-order valence-corrected chi connectivity index (χ1v) is 5.77. The van der Waals surface area contributed by atoms with E-state index in [4.69, 9.17) is 0 Å². The molecule has 0 amide bonds. The Bertz CT molecular complexity index is 309. The van der Waals surface area contributed by atoms with Crippen LogP contribution in [0.5, 0.6) is 5.75 Å². The van der Waals surface area contributed by atoms with Crippen LogP contribution in [0.2, 0.25) is 0 Å². The van der Waals surface area contributed by atoms with E-state index in [1.165, 1.54) is 24.8 Å². The van der Waals surface area contributed by atoms with Crippen LogP contribution in [0.25, 0.3) is 0 Å². The van der Waals surface area contributed by atoms with Crippen molar-refractivity contribution in [1.29, 1.82) is 0 Å². The lowest BCUT2D eigenvalue weighted by Crippen LogP contribution is -2.35. The molecule has 0 bridgehead atoms. The summed E-state index contributed by atoms with van der Waals surface area (Å²) in [6, 6.07) is 6.44. The summed E-state index contributed by atoms with van der Waals surface area (Å²) in [5, 5.41) is 13.0. The molecule has 2 nitrogen and oxygen atoms in total. The second-order valence-corrected chi connectivity index (χ2v) is 4.53. The fraction of sp³-hybridized carbons (Fsp3) is 0.538. The van der Waals surface area contributed by atoms with Crippen LogP contribution in [0.15, 0.2) is 18.2 Å². The standard InChI is InChI=1S/C13H19NO/c1-10-6-11(9-13(15)7-10)8-12-4-2-3-5-14-12/h6-7,9,12,14-15H,2-5,8H2,1H3. The second kappa shape index (κ2) is 4.67. The van der Waals surface area contributed by atoms with Crippen molar-refractivity contribution in [2.45, 2.75) is 38.6 Å². The van der Waals surface area contributed by atoms with Crippen molar-refractivity contribution in [1.82, 2.24) is 5.32 Å². The van der Waals surface area contributed by atoms with Gasteiger partial charge in [0.25, 0.3) is 0 Å². The maximum absolute atomic E-state index is 9.50. The Labute approximate surface area is 91.3 Å². The maximum Gasteiger partial charge on any atom is 0.116 e. The number of phenolic OH excluding ortho intramolecular Hbond substituents is 1. The zero-order chi connectivity index (χ0) is 10.7. The zero-order valence-electron chi connectivity index (χ0n) is 9.29. The molecule has 1 atom stereocenters. The molecule has 1 saturated heterocycles. The lowest BCUT2D eigenvalue weighted by atomic mass is 9.97. The highest BCUT2D eigenvalue weighted by Gasteiger charge is 2.13. The molecule has 1 heterocycles. The van der Waals surface area contributed by atoms with Gasteiger partial charge in [0.05, 0.1) is 0 Å². The molecule has 15 heavy (non-hydrogen) atoms. The first kappa shape index (κ1) is 10.5. The third-order valence-corrected chi connectivity index (χ3v) is 3.02. The summed E-state index contributed by atoms with van der Waals surface area (Å²) in [4.78, 5) is 0. The molecule has 82 valence electrons. The van der Waals surface area contributed by atoms with Gasteiger partial charge in [-0.3, -0.25) is 0 Å². The normalized spacial score (nSPS) is 21.5. The zero-order valence-corrected chi connectivity index (χ0v) is 9.29. The van der Waals surface area contributed by atoms with E-state index in [1.54, 1.807) is 6.07 Å². The molecule has 2 N–H and O–H groups in total. The van der Waals surface area contributed by atoms with Crippen molar-refractivity contribution in [3.63, 3.8) is 0 Å². The summed E-state index contributed by atoms with van der Waals surface area (Å²) < 4.78 is 0. The number of phenols is 1. The molecular formula is C13H19NO. The first-order valence-electron chi connectivity index (χ1n) is 5.77. The van der Waals surface area contributed by atoms with Gasteiger partial charge >= 0.3 is 0 Å². The van der Waals surface area contributed by atoms with E-state index >= 15 is 0 Å². The van der Waals surface area contributed by atoms with E-state index in [-0.39, 0.29) is 0 Å². The van der Waals surface area contributed by atoms with Crippen molar-refractivity contribution >= 4 is 0 Å². The van der Waals surface area contributed by atoms with E-state index in [1.807, 2.05) is 13.0 Å². The number of aryl methyl sites for hydroxylation is 1. The number of hydrogen-bond acceptors (Lipinski definition) is 2. The number of nitrogens with one attached hydrogen (secondary N) is 1. The van der Waals surface area contributed by atoms with Crippen molar-refractivity contribution in [3.8, 4) is 5.75 Å². The average molecular weight is 205 g/mol. The molecule has 1 fully saturated rings. The third kappa shape index (κ3) is 2.96. The quantitative estimate of drug-likeness (QED) is 0.777. The molecule has 1 unspecified atom stereocenters.